The lowest BCUT2D eigenvalue weighted by Crippen LogP contribution is -2.27. The van der Waals surface area contributed by atoms with Crippen molar-refractivity contribution in [3.8, 4) is 0 Å². The van der Waals surface area contributed by atoms with Crippen LogP contribution in [0.15, 0.2) is 30.3 Å². The van der Waals surface area contributed by atoms with Crippen molar-refractivity contribution in [1.29, 1.82) is 0 Å². The van der Waals surface area contributed by atoms with Gasteiger partial charge in [-0.2, -0.15) is 0 Å². The second-order valence-electron chi connectivity index (χ2n) is 4.18. The first-order valence-electron chi connectivity index (χ1n) is 5.99. The highest BCUT2D eigenvalue weighted by Gasteiger charge is 2.30. The van der Waals surface area contributed by atoms with Gasteiger partial charge in [0.2, 0.25) is 6.04 Å². The van der Waals surface area contributed by atoms with Gasteiger partial charge in [0, 0.05) is 17.8 Å². The van der Waals surface area contributed by atoms with Gasteiger partial charge in [-0.25, -0.2) is 0 Å². The fourth-order valence-electron chi connectivity index (χ4n) is 1.81. The van der Waals surface area contributed by atoms with E-state index in [1.807, 2.05) is 0 Å². The molecule has 0 saturated heterocycles. The second-order valence-corrected chi connectivity index (χ2v) is 4.18. The van der Waals surface area contributed by atoms with E-state index in [9.17, 15) is 20.0 Å². The van der Waals surface area contributed by atoms with Gasteiger partial charge in [-0.1, -0.05) is 30.3 Å². The summed E-state index contributed by atoms with van der Waals surface area (Å²) in [5, 5.41) is 21.0. The largest absolute Gasteiger partial charge is 0.469 e. The predicted molar refractivity (Wildman–Crippen MR) is 68.1 cm³/mol. The molecule has 6 nitrogen and oxygen atoms in total. The third-order valence-electron chi connectivity index (χ3n) is 2.88. The highest BCUT2D eigenvalue weighted by molar-refractivity contribution is 5.68. The highest BCUT2D eigenvalue weighted by Crippen LogP contribution is 2.22. The molecule has 1 aromatic carbocycles. The number of aliphatic hydroxyl groups excluding tert-OH is 1. The zero-order chi connectivity index (χ0) is 14.3. The Labute approximate surface area is 111 Å². The zero-order valence-electron chi connectivity index (χ0n) is 10.7. The fourth-order valence-corrected chi connectivity index (χ4v) is 1.81. The Morgan fingerprint density at radius 3 is 2.58 bits per heavy atom. The summed E-state index contributed by atoms with van der Waals surface area (Å²) in [6, 6.07) is 7.36. The topological polar surface area (TPSA) is 89.7 Å². The molecule has 0 saturated carbocycles. The molecule has 0 heterocycles. The average molecular weight is 267 g/mol. The Balaban J connectivity index is 2.62. The van der Waals surface area contributed by atoms with Crippen LogP contribution in [0.4, 0.5) is 0 Å². The van der Waals surface area contributed by atoms with Crippen molar-refractivity contribution in [3.63, 3.8) is 0 Å². The molecule has 1 N–H and O–H groups in total. The normalized spacial score (nSPS) is 13.6. The van der Waals surface area contributed by atoms with Gasteiger partial charge >= 0.3 is 5.97 Å². The van der Waals surface area contributed by atoms with Gasteiger partial charge in [0.1, 0.15) is 6.10 Å². The van der Waals surface area contributed by atoms with Gasteiger partial charge in [-0.15, -0.1) is 0 Å². The first-order valence-corrected chi connectivity index (χ1v) is 5.99. The molecule has 0 amide bonds. The second kappa shape index (κ2) is 7.48. The molecule has 104 valence electrons. The maximum Gasteiger partial charge on any atom is 0.305 e. The van der Waals surface area contributed by atoms with Crippen LogP contribution in [0.3, 0.4) is 0 Å². The monoisotopic (exact) mass is 267 g/mol. The minimum atomic E-state index is -1.17. The lowest BCUT2D eigenvalue weighted by Gasteiger charge is -2.16. The molecule has 0 aromatic heterocycles. The number of rotatable bonds is 7. The van der Waals surface area contributed by atoms with E-state index in [4.69, 9.17) is 0 Å². The van der Waals surface area contributed by atoms with E-state index < -0.39 is 23.0 Å². The van der Waals surface area contributed by atoms with E-state index in [0.29, 0.717) is 12.0 Å². The molecule has 0 fully saturated rings. The number of methoxy groups -OCH3 is 1. The first kappa shape index (κ1) is 15.1. The number of nitro groups is 1. The Morgan fingerprint density at radius 1 is 1.42 bits per heavy atom. The third kappa shape index (κ3) is 4.67. The summed E-state index contributed by atoms with van der Waals surface area (Å²) in [5.74, 6) is -0.406. The number of benzene rings is 1. The number of carbonyl (C=O) groups is 1. The molecular formula is C13H17NO5. The van der Waals surface area contributed by atoms with Crippen LogP contribution in [0.5, 0.6) is 0 Å². The van der Waals surface area contributed by atoms with Crippen molar-refractivity contribution in [3.05, 3.63) is 46.0 Å². The summed E-state index contributed by atoms with van der Waals surface area (Å²) in [7, 11) is 1.27. The number of carbonyl (C=O) groups excluding carboxylic acids is 1. The molecule has 19 heavy (non-hydrogen) atoms. The van der Waals surface area contributed by atoms with E-state index in [1.165, 1.54) is 7.11 Å². The summed E-state index contributed by atoms with van der Waals surface area (Å²) in [6.45, 7) is 0. The molecule has 0 spiro atoms. The van der Waals surface area contributed by atoms with Crippen molar-refractivity contribution in [2.45, 2.75) is 31.4 Å². The molecule has 0 aliphatic rings. The molecule has 0 radical (unpaired) electrons. The minimum Gasteiger partial charge on any atom is -0.469 e. The van der Waals surface area contributed by atoms with E-state index in [-0.39, 0.29) is 12.8 Å². The van der Waals surface area contributed by atoms with Crippen molar-refractivity contribution in [1.82, 2.24) is 0 Å². The van der Waals surface area contributed by atoms with Gasteiger partial charge < -0.3 is 9.84 Å². The molecule has 0 aliphatic carbocycles. The van der Waals surface area contributed by atoms with E-state index in [2.05, 4.69) is 4.74 Å². The van der Waals surface area contributed by atoms with Crippen LogP contribution in [-0.4, -0.2) is 29.2 Å². The molecule has 2 atom stereocenters. The number of nitrogens with zero attached hydrogens (tertiary/aromatic N) is 1. The predicted octanol–water partition coefficient (Wildman–Crippen LogP) is 1.71. The molecule has 0 aliphatic heterocycles. The minimum absolute atomic E-state index is 0.113. The van der Waals surface area contributed by atoms with Crippen molar-refractivity contribution in [2.24, 2.45) is 0 Å². The zero-order valence-corrected chi connectivity index (χ0v) is 10.7. The Morgan fingerprint density at radius 2 is 2.05 bits per heavy atom. The quantitative estimate of drug-likeness (QED) is 0.461. The maximum atomic E-state index is 11.0. The van der Waals surface area contributed by atoms with Crippen LogP contribution < -0.4 is 0 Å². The molecule has 6 heteroatoms. The Kier molecular flexibility index (Phi) is 5.95. The molecule has 1 aromatic rings. The van der Waals surface area contributed by atoms with Gasteiger partial charge in [0.25, 0.3) is 0 Å². The fraction of sp³-hybridized carbons (Fsp3) is 0.462. The third-order valence-corrected chi connectivity index (χ3v) is 2.88. The van der Waals surface area contributed by atoms with Gasteiger partial charge in [0.05, 0.1) is 7.11 Å². The first-order chi connectivity index (χ1) is 9.06. The van der Waals surface area contributed by atoms with Crippen molar-refractivity contribution >= 4 is 5.97 Å². The SMILES string of the molecule is COC(=O)CCCC(C(O)c1ccccc1)[N+](=O)[O-]. The maximum absolute atomic E-state index is 11.0. The van der Waals surface area contributed by atoms with Crippen LogP contribution in [0.2, 0.25) is 0 Å². The smallest absolute Gasteiger partial charge is 0.305 e. The van der Waals surface area contributed by atoms with Gasteiger partial charge in [-0.3, -0.25) is 14.9 Å². The lowest BCUT2D eigenvalue weighted by molar-refractivity contribution is -0.536. The van der Waals surface area contributed by atoms with E-state index in [0.717, 1.165) is 0 Å². The number of aliphatic hydroxyl groups is 1. The van der Waals surface area contributed by atoms with Gasteiger partial charge in [0.15, 0.2) is 0 Å². The molecule has 2 unspecified atom stereocenters. The Bertz CT molecular complexity index is 420. The van der Waals surface area contributed by atoms with E-state index >= 15 is 0 Å². The Hall–Kier alpha value is -1.95. The summed E-state index contributed by atoms with van der Waals surface area (Å²) < 4.78 is 4.47. The average Bonchev–Trinajstić information content (AvgIpc) is 2.43. The van der Waals surface area contributed by atoms with Crippen molar-refractivity contribution < 1.29 is 19.6 Å². The van der Waals surface area contributed by atoms with Crippen LogP contribution >= 0.6 is 0 Å². The number of ether oxygens (including phenoxy) is 1. The summed E-state index contributed by atoms with van der Waals surface area (Å²) in [5.41, 5.74) is 0.502. The van der Waals surface area contributed by atoms with Crippen LogP contribution in [0.25, 0.3) is 0 Å². The highest BCUT2D eigenvalue weighted by atomic mass is 16.6. The number of hydrogen-bond acceptors (Lipinski definition) is 5. The summed E-state index contributed by atoms with van der Waals surface area (Å²) in [4.78, 5) is 21.4. The lowest BCUT2D eigenvalue weighted by atomic mass is 9.98. The number of hydrogen-bond donors (Lipinski definition) is 1. The van der Waals surface area contributed by atoms with E-state index in [1.54, 1.807) is 30.3 Å². The summed E-state index contributed by atoms with van der Waals surface area (Å²) >= 11 is 0. The van der Waals surface area contributed by atoms with Crippen LogP contribution in [-0.2, 0) is 9.53 Å². The standard InChI is InChI=1S/C13H17NO5/c1-19-12(15)9-5-8-11(14(17)18)13(16)10-6-3-2-4-7-10/h2-4,6-7,11,13,16H,5,8-9H2,1H3. The molecular weight excluding hydrogens is 250 g/mol. The van der Waals surface area contributed by atoms with Crippen LogP contribution in [0, 0.1) is 10.1 Å². The summed E-state index contributed by atoms with van der Waals surface area (Å²) in [6.07, 6.45) is -0.628. The number of esters is 1. The van der Waals surface area contributed by atoms with Crippen molar-refractivity contribution in [2.75, 3.05) is 7.11 Å². The van der Waals surface area contributed by atoms with Gasteiger partial charge in [-0.05, 0) is 12.0 Å². The molecule has 0 bridgehead atoms. The van der Waals surface area contributed by atoms with Crippen LogP contribution in [0.1, 0.15) is 30.9 Å². The molecule has 1 rings (SSSR count).